The third-order valence-electron chi connectivity index (χ3n) is 6.01. The first-order valence-electron chi connectivity index (χ1n) is 9.42. The molecule has 3 heterocycles. The summed E-state index contributed by atoms with van der Waals surface area (Å²) in [4.78, 5) is 26.6. The number of aromatic nitrogens is 2. The molecule has 3 atom stereocenters. The lowest BCUT2D eigenvalue weighted by atomic mass is 10.0. The lowest BCUT2D eigenvalue weighted by molar-refractivity contribution is -0.123. The maximum absolute atomic E-state index is 12.3. The average molecular weight is 406 g/mol. The summed E-state index contributed by atoms with van der Waals surface area (Å²) in [6, 6.07) is 1.46. The summed E-state index contributed by atoms with van der Waals surface area (Å²) >= 11 is 0. The van der Waals surface area contributed by atoms with Crippen molar-refractivity contribution in [3.05, 3.63) is 29.9 Å². The number of amides is 2. The number of rotatable bonds is 3. The van der Waals surface area contributed by atoms with Crippen molar-refractivity contribution in [1.29, 1.82) is 0 Å². The van der Waals surface area contributed by atoms with Gasteiger partial charge in [-0.25, -0.2) is 9.64 Å². The molecule has 2 aliphatic rings. The molecule has 154 valence electrons. The smallest absolute Gasteiger partial charge is 0.380 e. The van der Waals surface area contributed by atoms with Gasteiger partial charge in [0.05, 0.1) is 12.3 Å². The minimum Gasteiger partial charge on any atom is -0.380 e. The van der Waals surface area contributed by atoms with E-state index in [0.29, 0.717) is 18.8 Å². The van der Waals surface area contributed by atoms with Crippen LogP contribution in [0.5, 0.6) is 0 Å². The molecule has 0 spiro atoms. The van der Waals surface area contributed by atoms with Crippen molar-refractivity contribution in [2.45, 2.75) is 25.1 Å². The molecule has 1 unspecified atom stereocenters. The van der Waals surface area contributed by atoms with Gasteiger partial charge < -0.3 is 20.1 Å². The third kappa shape index (κ3) is 3.69. The molecule has 10 heteroatoms. The first kappa shape index (κ1) is 19.4. The molecule has 7 nitrogen and oxygen atoms in total. The van der Waals surface area contributed by atoms with Gasteiger partial charge in [0, 0.05) is 44.0 Å². The van der Waals surface area contributed by atoms with Crippen LogP contribution in [-0.2, 0) is 0 Å². The predicted molar refractivity (Wildman–Crippen MR) is 102 cm³/mol. The number of likely N-dealkylation sites (tertiary alicyclic amines) is 1. The number of urea groups is 1. The van der Waals surface area contributed by atoms with E-state index in [1.807, 2.05) is 18.4 Å². The van der Waals surface area contributed by atoms with Crippen LogP contribution in [-0.4, -0.2) is 59.8 Å². The van der Waals surface area contributed by atoms with Gasteiger partial charge in [-0.2, -0.15) is 13.2 Å². The Morgan fingerprint density at radius 2 is 2.10 bits per heavy atom. The Morgan fingerprint density at radius 3 is 2.72 bits per heavy atom. The minimum atomic E-state index is -4.41. The van der Waals surface area contributed by atoms with E-state index in [1.165, 1.54) is 4.90 Å². The fraction of sp³-hybridized carbons (Fsp3) is 0.526. The fourth-order valence-electron chi connectivity index (χ4n) is 4.66. The highest BCUT2D eigenvalue weighted by Crippen LogP contribution is 2.44. The summed E-state index contributed by atoms with van der Waals surface area (Å²) < 4.78 is 37.0. The number of nitrogens with one attached hydrogen (secondary N) is 2. The van der Waals surface area contributed by atoms with Crippen molar-refractivity contribution in [2.24, 2.45) is 11.8 Å². The third-order valence-corrected chi connectivity index (χ3v) is 6.01. The Kier molecular flexibility index (Phi) is 4.76. The zero-order valence-corrected chi connectivity index (χ0v) is 15.8. The Morgan fingerprint density at radius 1 is 1.41 bits per heavy atom. The number of alkyl halides is 3. The lowest BCUT2D eigenvalue weighted by Gasteiger charge is -2.30. The number of hydrogen-bond acceptors (Lipinski definition) is 3. The van der Waals surface area contributed by atoms with Crippen LogP contribution in [0, 0.1) is 18.4 Å². The number of halogens is 3. The number of hydrogen-bond donors (Lipinski definition) is 2. The Hall–Kier alpha value is -2.96. The summed E-state index contributed by atoms with van der Waals surface area (Å²) in [7, 11) is 1.97. The van der Waals surface area contributed by atoms with E-state index < -0.39 is 18.8 Å². The van der Waals surface area contributed by atoms with E-state index in [2.05, 4.69) is 19.7 Å². The Bertz CT molecular complexity index is 951. The van der Waals surface area contributed by atoms with Crippen LogP contribution >= 0.6 is 0 Å². The molecule has 2 N–H and O–H groups in total. The molecule has 4 rings (SSSR count). The van der Waals surface area contributed by atoms with Crippen molar-refractivity contribution in [1.82, 2.24) is 20.2 Å². The van der Waals surface area contributed by atoms with E-state index >= 15 is 0 Å². The van der Waals surface area contributed by atoms with Gasteiger partial charge in [-0.3, -0.25) is 4.98 Å². The van der Waals surface area contributed by atoms with Crippen molar-refractivity contribution >= 4 is 28.4 Å². The van der Waals surface area contributed by atoms with Gasteiger partial charge in [0.1, 0.15) is 12.2 Å². The zero-order valence-electron chi connectivity index (χ0n) is 15.8. The van der Waals surface area contributed by atoms with Crippen LogP contribution in [0.2, 0.25) is 0 Å². The zero-order chi connectivity index (χ0) is 20.8. The van der Waals surface area contributed by atoms with Crippen LogP contribution in [0.25, 0.3) is 15.9 Å². The number of carbonyl (C=O) groups is 1. The first-order valence-corrected chi connectivity index (χ1v) is 9.42. The molecule has 2 amide bonds. The summed E-state index contributed by atoms with van der Waals surface area (Å²) in [5, 5.41) is 2.85. The molecule has 1 saturated heterocycles. The maximum Gasteiger partial charge on any atom is 0.405 e. The normalized spacial score (nSPS) is 23.8. The highest BCUT2D eigenvalue weighted by atomic mass is 19.4. The van der Waals surface area contributed by atoms with Gasteiger partial charge in [-0.05, 0) is 30.7 Å². The standard InChI is InChI=1S/C19H21F3N6O/c1-23-15-7-25-17-14(3-4-24-17)16(15)27(2)13-5-11-8-28(9-12(11)6-13)18(29)26-10-19(20,21)22/h3-4,7,11-13H,5-6,8-10H2,2H3,(H,24,25)(H,26,29)/t11-,12+,13?. The van der Waals surface area contributed by atoms with Crippen LogP contribution in [0.3, 0.4) is 0 Å². The number of nitrogens with zero attached hydrogens (tertiary/aromatic N) is 4. The number of H-pyrrole nitrogens is 1. The summed E-state index contributed by atoms with van der Waals surface area (Å²) in [5.74, 6) is 0.498. The van der Waals surface area contributed by atoms with E-state index in [9.17, 15) is 18.0 Å². The molecule has 0 aromatic carbocycles. The second kappa shape index (κ2) is 7.13. The van der Waals surface area contributed by atoms with Crippen molar-refractivity contribution in [3.63, 3.8) is 0 Å². The molecule has 2 aromatic heterocycles. The molecular weight excluding hydrogens is 385 g/mol. The summed E-state index contributed by atoms with van der Waals surface area (Å²) in [6.07, 6.45) is 0.614. The highest BCUT2D eigenvalue weighted by molar-refractivity contribution is 5.97. The van der Waals surface area contributed by atoms with Gasteiger partial charge in [-0.1, -0.05) is 0 Å². The quantitative estimate of drug-likeness (QED) is 0.767. The first-order chi connectivity index (χ1) is 13.8. The highest BCUT2D eigenvalue weighted by Gasteiger charge is 2.44. The maximum atomic E-state index is 12.3. The molecule has 1 aliphatic heterocycles. The number of fused-ring (bicyclic) bond motifs is 2. The van der Waals surface area contributed by atoms with Crippen molar-refractivity contribution < 1.29 is 18.0 Å². The molecule has 0 bridgehead atoms. The fourth-order valence-corrected chi connectivity index (χ4v) is 4.66. The number of anilines is 1. The van der Waals surface area contributed by atoms with E-state index in [4.69, 9.17) is 6.57 Å². The van der Waals surface area contributed by atoms with E-state index in [0.717, 1.165) is 29.6 Å². The molecule has 2 fully saturated rings. The van der Waals surface area contributed by atoms with Crippen molar-refractivity contribution in [2.75, 3.05) is 31.6 Å². The largest absolute Gasteiger partial charge is 0.405 e. The second-order valence-electron chi connectivity index (χ2n) is 7.78. The van der Waals surface area contributed by atoms with Crippen LogP contribution in [0.1, 0.15) is 12.8 Å². The number of carbonyl (C=O) groups excluding carboxylic acids is 1. The van der Waals surface area contributed by atoms with Gasteiger partial charge in [0.15, 0.2) is 0 Å². The molecule has 1 aliphatic carbocycles. The van der Waals surface area contributed by atoms with E-state index in [1.54, 1.807) is 12.4 Å². The molecular formula is C19H21F3N6O. The van der Waals surface area contributed by atoms with Crippen LogP contribution in [0.4, 0.5) is 29.3 Å². The summed E-state index contributed by atoms with van der Waals surface area (Å²) in [6.45, 7) is 7.09. The van der Waals surface area contributed by atoms with Gasteiger partial charge >= 0.3 is 12.2 Å². The minimum absolute atomic E-state index is 0.200. The lowest BCUT2D eigenvalue weighted by Crippen LogP contribution is -2.43. The topological polar surface area (TPSA) is 68.6 Å². The molecule has 29 heavy (non-hydrogen) atoms. The SMILES string of the molecule is [C-]#[N+]c1cnc2[nH]ccc2c1N(C)C1C[C@@H]2CN(C(=O)NCC(F)(F)F)C[C@@H]2C1. The predicted octanol–water partition coefficient (Wildman–Crippen LogP) is 3.53. The van der Waals surface area contributed by atoms with Crippen LogP contribution in [0.15, 0.2) is 18.5 Å². The summed E-state index contributed by atoms with van der Waals surface area (Å²) in [5.41, 5.74) is 2.06. The second-order valence-corrected chi connectivity index (χ2v) is 7.78. The van der Waals surface area contributed by atoms with Crippen LogP contribution < -0.4 is 10.2 Å². The van der Waals surface area contributed by atoms with Gasteiger partial charge in [0.25, 0.3) is 0 Å². The van der Waals surface area contributed by atoms with Crippen molar-refractivity contribution in [3.8, 4) is 0 Å². The number of pyridine rings is 1. The Balaban J connectivity index is 1.43. The number of aromatic amines is 1. The average Bonchev–Trinajstić information content (AvgIpc) is 3.37. The molecule has 0 radical (unpaired) electrons. The van der Waals surface area contributed by atoms with Gasteiger partial charge in [0.2, 0.25) is 5.69 Å². The monoisotopic (exact) mass is 406 g/mol. The van der Waals surface area contributed by atoms with E-state index in [-0.39, 0.29) is 17.9 Å². The molecule has 1 saturated carbocycles. The Labute approximate surface area is 165 Å². The molecule has 2 aromatic rings. The van der Waals surface area contributed by atoms with Gasteiger partial charge in [-0.15, -0.1) is 0 Å².